The van der Waals surface area contributed by atoms with Crippen molar-refractivity contribution >= 4 is 16.0 Å². The molecule has 0 aliphatic carbocycles. The molecule has 0 saturated carbocycles. The van der Waals surface area contributed by atoms with Crippen molar-refractivity contribution in [3.05, 3.63) is 0 Å². The minimum atomic E-state index is -3.12. The van der Waals surface area contributed by atoms with Crippen LogP contribution in [0.25, 0.3) is 0 Å². The fraction of sp³-hybridized carbons (Fsp3) is 0.833. The lowest BCUT2D eigenvalue weighted by Gasteiger charge is -2.12. The normalized spacial score (nSPS) is 20.9. The Balaban J connectivity index is 2.35. The molecule has 82 valence electrons. The van der Waals surface area contributed by atoms with Gasteiger partial charge in [-0.1, -0.05) is 5.59 Å². The van der Waals surface area contributed by atoms with Crippen LogP contribution in [0.2, 0.25) is 0 Å². The van der Waals surface area contributed by atoms with Gasteiger partial charge >= 0.3 is 5.97 Å². The molecule has 1 rings (SSSR count). The van der Waals surface area contributed by atoms with E-state index in [4.69, 9.17) is 5.84 Å². The molecule has 1 aliphatic rings. The summed E-state index contributed by atoms with van der Waals surface area (Å²) in [5.74, 6) is 4.33. The molecule has 0 aromatic heterocycles. The molecule has 0 aromatic rings. The smallest absolute Gasteiger partial charge is 0.327 e. The highest BCUT2D eigenvalue weighted by molar-refractivity contribution is 7.89. The van der Waals surface area contributed by atoms with Crippen LogP contribution in [-0.2, 0) is 19.7 Å². The van der Waals surface area contributed by atoms with Crippen LogP contribution in [0.15, 0.2) is 0 Å². The van der Waals surface area contributed by atoms with E-state index >= 15 is 0 Å². The van der Waals surface area contributed by atoms with Gasteiger partial charge in [0.05, 0.1) is 12.2 Å². The SMILES string of the molecule is NNOC(=O)CCN1CCCS1(=O)=O. The van der Waals surface area contributed by atoms with Crippen molar-refractivity contribution in [1.29, 1.82) is 0 Å². The Morgan fingerprint density at radius 3 is 2.79 bits per heavy atom. The summed E-state index contributed by atoms with van der Waals surface area (Å²) < 4.78 is 23.8. The molecule has 0 spiro atoms. The number of carbonyl (C=O) groups is 1. The lowest BCUT2D eigenvalue weighted by atomic mass is 10.4. The maximum atomic E-state index is 11.3. The molecule has 14 heavy (non-hydrogen) atoms. The van der Waals surface area contributed by atoms with E-state index in [2.05, 4.69) is 4.84 Å². The van der Waals surface area contributed by atoms with Crippen molar-refractivity contribution in [2.75, 3.05) is 18.8 Å². The standard InChI is InChI=1S/C6H13N3O4S/c7-8-13-6(10)2-4-9-3-1-5-14(9,11)12/h8H,1-5,7H2. The van der Waals surface area contributed by atoms with Crippen molar-refractivity contribution in [1.82, 2.24) is 9.89 Å². The van der Waals surface area contributed by atoms with Crippen LogP contribution < -0.4 is 11.4 Å². The number of hydrazine groups is 1. The number of carbonyl (C=O) groups excluding carboxylic acids is 1. The molecule has 3 N–H and O–H groups in total. The molecular formula is C6H13N3O4S. The first-order valence-corrected chi connectivity index (χ1v) is 5.80. The molecule has 1 heterocycles. The number of hydrogen-bond donors (Lipinski definition) is 2. The van der Waals surface area contributed by atoms with E-state index in [1.165, 1.54) is 4.31 Å². The van der Waals surface area contributed by atoms with E-state index < -0.39 is 16.0 Å². The molecule has 0 bridgehead atoms. The van der Waals surface area contributed by atoms with Crippen LogP contribution in [-0.4, -0.2) is 37.5 Å². The second-order valence-corrected chi connectivity index (χ2v) is 5.00. The van der Waals surface area contributed by atoms with Gasteiger partial charge in [0.25, 0.3) is 0 Å². The van der Waals surface area contributed by atoms with E-state index in [-0.39, 0.29) is 18.7 Å². The topological polar surface area (TPSA) is 102 Å². The molecule has 8 heteroatoms. The average molecular weight is 223 g/mol. The molecule has 1 saturated heterocycles. The zero-order chi connectivity index (χ0) is 10.6. The molecule has 0 atom stereocenters. The largest absolute Gasteiger partial charge is 0.356 e. The van der Waals surface area contributed by atoms with Crippen molar-refractivity contribution in [3.63, 3.8) is 0 Å². The number of nitrogens with zero attached hydrogens (tertiary/aromatic N) is 1. The number of rotatable bonds is 4. The Kier molecular flexibility index (Phi) is 3.81. The van der Waals surface area contributed by atoms with Crippen molar-refractivity contribution in [3.8, 4) is 0 Å². The summed E-state index contributed by atoms with van der Waals surface area (Å²) in [6, 6.07) is 0. The minimum absolute atomic E-state index is 0.00340. The summed E-state index contributed by atoms with van der Waals surface area (Å²) in [5, 5.41) is 0. The highest BCUT2D eigenvalue weighted by Gasteiger charge is 2.28. The minimum Gasteiger partial charge on any atom is -0.356 e. The second kappa shape index (κ2) is 4.69. The quantitative estimate of drug-likeness (QED) is 0.436. The Bertz CT molecular complexity index is 302. The van der Waals surface area contributed by atoms with Gasteiger partial charge in [-0.05, 0) is 6.42 Å². The van der Waals surface area contributed by atoms with Crippen LogP contribution in [0.3, 0.4) is 0 Å². The second-order valence-electron chi connectivity index (χ2n) is 2.91. The first-order valence-electron chi connectivity index (χ1n) is 4.19. The fourth-order valence-electron chi connectivity index (χ4n) is 1.28. The third-order valence-electron chi connectivity index (χ3n) is 1.94. The van der Waals surface area contributed by atoms with Crippen LogP contribution >= 0.6 is 0 Å². The van der Waals surface area contributed by atoms with Gasteiger partial charge in [-0.3, -0.25) is 4.79 Å². The van der Waals surface area contributed by atoms with E-state index in [1.807, 2.05) is 0 Å². The molecule has 1 aliphatic heterocycles. The van der Waals surface area contributed by atoms with Gasteiger partial charge in [-0.2, -0.15) is 0 Å². The summed E-state index contributed by atoms with van der Waals surface area (Å²) in [6.45, 7) is 0.633. The maximum absolute atomic E-state index is 11.3. The molecule has 0 aromatic carbocycles. The highest BCUT2D eigenvalue weighted by atomic mass is 32.2. The highest BCUT2D eigenvalue weighted by Crippen LogP contribution is 2.13. The molecule has 7 nitrogen and oxygen atoms in total. The summed E-state index contributed by atoms with van der Waals surface area (Å²) in [7, 11) is -3.12. The molecule has 0 unspecified atom stereocenters. The lowest BCUT2D eigenvalue weighted by Crippen LogP contribution is -2.31. The van der Waals surface area contributed by atoms with Gasteiger partial charge in [0.1, 0.15) is 0 Å². The first-order chi connectivity index (χ1) is 6.56. The average Bonchev–Trinajstić information content (AvgIpc) is 2.42. The Morgan fingerprint density at radius 1 is 1.57 bits per heavy atom. The van der Waals surface area contributed by atoms with Crippen LogP contribution in [0, 0.1) is 0 Å². The van der Waals surface area contributed by atoms with Crippen LogP contribution in [0.1, 0.15) is 12.8 Å². The molecule has 1 fully saturated rings. The summed E-state index contributed by atoms with van der Waals surface area (Å²) >= 11 is 0. The molecular weight excluding hydrogens is 210 g/mol. The predicted molar refractivity (Wildman–Crippen MR) is 48.0 cm³/mol. The van der Waals surface area contributed by atoms with Gasteiger partial charge < -0.3 is 4.84 Å². The Labute approximate surface area is 82.2 Å². The van der Waals surface area contributed by atoms with E-state index in [0.717, 1.165) is 0 Å². The molecule has 0 amide bonds. The molecule has 0 radical (unpaired) electrons. The summed E-state index contributed by atoms with van der Waals surface area (Å²) in [5.41, 5.74) is 1.75. The predicted octanol–water partition coefficient (Wildman–Crippen LogP) is -1.67. The van der Waals surface area contributed by atoms with E-state index in [0.29, 0.717) is 13.0 Å². The Hall–Kier alpha value is -0.700. The van der Waals surface area contributed by atoms with Crippen molar-refractivity contribution in [2.24, 2.45) is 5.84 Å². The monoisotopic (exact) mass is 223 g/mol. The van der Waals surface area contributed by atoms with Gasteiger partial charge in [0, 0.05) is 13.1 Å². The van der Waals surface area contributed by atoms with Crippen LogP contribution in [0.4, 0.5) is 0 Å². The number of nitrogens with one attached hydrogen (secondary N) is 1. The fourth-order valence-corrected chi connectivity index (χ4v) is 2.80. The zero-order valence-electron chi connectivity index (χ0n) is 7.60. The number of sulfonamides is 1. The van der Waals surface area contributed by atoms with E-state index in [9.17, 15) is 13.2 Å². The van der Waals surface area contributed by atoms with Gasteiger partial charge in [-0.15, -0.1) is 0 Å². The van der Waals surface area contributed by atoms with Crippen molar-refractivity contribution < 1.29 is 18.0 Å². The maximum Gasteiger partial charge on any atom is 0.327 e. The van der Waals surface area contributed by atoms with Crippen molar-refractivity contribution in [2.45, 2.75) is 12.8 Å². The number of nitrogens with two attached hydrogens (primary N) is 1. The summed E-state index contributed by atoms with van der Waals surface area (Å²) in [4.78, 5) is 15.1. The van der Waals surface area contributed by atoms with Gasteiger partial charge in [-0.25, -0.2) is 18.6 Å². The van der Waals surface area contributed by atoms with Gasteiger partial charge in [0.15, 0.2) is 0 Å². The summed E-state index contributed by atoms with van der Waals surface area (Å²) in [6.07, 6.45) is 0.621. The zero-order valence-corrected chi connectivity index (χ0v) is 8.42. The Morgan fingerprint density at radius 2 is 2.29 bits per heavy atom. The lowest BCUT2D eigenvalue weighted by molar-refractivity contribution is -0.151. The third kappa shape index (κ3) is 2.91. The van der Waals surface area contributed by atoms with Crippen LogP contribution in [0.5, 0.6) is 0 Å². The van der Waals surface area contributed by atoms with E-state index in [1.54, 1.807) is 5.59 Å². The van der Waals surface area contributed by atoms with Gasteiger partial charge in [0.2, 0.25) is 10.0 Å². The number of hydrogen-bond acceptors (Lipinski definition) is 6. The third-order valence-corrected chi connectivity index (χ3v) is 3.90. The first kappa shape index (κ1) is 11.4.